The van der Waals surface area contributed by atoms with Gasteiger partial charge < -0.3 is 0 Å². The highest BCUT2D eigenvalue weighted by Gasteiger charge is 1.91. The highest BCUT2D eigenvalue weighted by atomic mass is 16.2. The lowest BCUT2D eigenvalue weighted by molar-refractivity contribution is -0.126. The van der Waals surface area contributed by atoms with Crippen LogP contribution in [0.4, 0.5) is 0 Å². The molecule has 0 aromatic rings. The summed E-state index contributed by atoms with van der Waals surface area (Å²) >= 11 is 0. The Morgan fingerprint density at radius 1 is 2.00 bits per heavy atom. The second-order valence-electron chi connectivity index (χ2n) is 1.11. The van der Waals surface area contributed by atoms with Gasteiger partial charge in [-0.15, -0.1) is 0 Å². The molecule has 0 aliphatic rings. The van der Waals surface area contributed by atoms with Gasteiger partial charge in [0.25, 0.3) is 0 Å². The standard InChI is InChI=1S/C4H8N2O/c1-3-6(5)4(2)7/h3H,1,5H2,2H3. The molecule has 0 rings (SSSR count). The van der Waals surface area contributed by atoms with E-state index in [-0.39, 0.29) is 5.91 Å². The molecule has 0 heterocycles. The molecule has 2 N–H and O–H groups in total. The molecule has 7 heavy (non-hydrogen) atoms. The molecule has 0 aromatic carbocycles. The number of hydrogen-bond donors (Lipinski definition) is 1. The van der Waals surface area contributed by atoms with Crippen molar-refractivity contribution in [3.8, 4) is 0 Å². The van der Waals surface area contributed by atoms with Crippen LogP contribution in [0.2, 0.25) is 0 Å². The molecule has 1 amide bonds. The number of hydrazine groups is 1. The van der Waals surface area contributed by atoms with Gasteiger partial charge in [-0.2, -0.15) is 0 Å². The fraction of sp³-hybridized carbons (Fsp3) is 0.250. The topological polar surface area (TPSA) is 46.3 Å². The van der Waals surface area contributed by atoms with E-state index in [1.165, 1.54) is 13.1 Å². The van der Waals surface area contributed by atoms with Crippen LogP contribution in [0.25, 0.3) is 0 Å². The largest absolute Gasteiger partial charge is 0.273 e. The molecule has 0 unspecified atom stereocenters. The van der Waals surface area contributed by atoms with Crippen molar-refractivity contribution in [1.29, 1.82) is 0 Å². The van der Waals surface area contributed by atoms with Gasteiger partial charge in [0.15, 0.2) is 0 Å². The van der Waals surface area contributed by atoms with Gasteiger partial charge in [0.2, 0.25) is 5.91 Å². The van der Waals surface area contributed by atoms with E-state index in [4.69, 9.17) is 5.84 Å². The predicted octanol–water partition coefficient (Wildman–Crippen LogP) is -0.148. The molecule has 3 nitrogen and oxygen atoms in total. The van der Waals surface area contributed by atoms with Crippen molar-refractivity contribution in [2.45, 2.75) is 6.92 Å². The first kappa shape index (κ1) is 6.17. The summed E-state index contributed by atoms with van der Waals surface area (Å²) in [5, 5.41) is 0.917. The lowest BCUT2D eigenvalue weighted by atomic mass is 10.7. The molecule has 3 heteroatoms. The number of carbonyl (C=O) groups excluding carboxylic acids is 1. The Labute approximate surface area is 42.4 Å². The smallest absolute Gasteiger partial charge is 0.237 e. The van der Waals surface area contributed by atoms with Gasteiger partial charge in [0.1, 0.15) is 0 Å². The predicted molar refractivity (Wildman–Crippen MR) is 26.9 cm³/mol. The number of hydrogen-bond acceptors (Lipinski definition) is 2. The maximum absolute atomic E-state index is 10.1. The van der Waals surface area contributed by atoms with E-state index in [2.05, 4.69) is 6.58 Å². The van der Waals surface area contributed by atoms with E-state index in [1.807, 2.05) is 0 Å². The highest BCUT2D eigenvalue weighted by molar-refractivity contribution is 5.73. The molecule has 0 aromatic heterocycles. The number of nitrogens with zero attached hydrogens (tertiary/aromatic N) is 1. The van der Waals surface area contributed by atoms with Gasteiger partial charge in [-0.05, 0) is 0 Å². The van der Waals surface area contributed by atoms with E-state index in [1.54, 1.807) is 0 Å². The monoisotopic (exact) mass is 100 g/mol. The molecule has 0 atom stereocenters. The minimum absolute atomic E-state index is 0.213. The Bertz CT molecular complexity index is 89.7. The van der Waals surface area contributed by atoms with Crippen LogP contribution in [0.3, 0.4) is 0 Å². The highest BCUT2D eigenvalue weighted by Crippen LogP contribution is 1.74. The molecule has 0 aliphatic heterocycles. The summed E-state index contributed by atoms with van der Waals surface area (Å²) in [5.74, 6) is 4.77. The molecule has 0 spiro atoms. The van der Waals surface area contributed by atoms with Crippen LogP contribution < -0.4 is 5.84 Å². The zero-order valence-corrected chi connectivity index (χ0v) is 4.22. The fourth-order valence-electron chi connectivity index (χ4n) is 0.129. The molecular formula is C4H8N2O. The van der Waals surface area contributed by atoms with Crippen LogP contribution in [0.15, 0.2) is 12.8 Å². The summed E-state index contributed by atoms with van der Waals surface area (Å²) in [7, 11) is 0. The molecule has 0 saturated carbocycles. The summed E-state index contributed by atoms with van der Waals surface area (Å²) in [6, 6.07) is 0. The molecule has 0 saturated heterocycles. The van der Waals surface area contributed by atoms with Crippen LogP contribution in [0, 0.1) is 0 Å². The number of nitrogens with two attached hydrogens (primary N) is 1. The van der Waals surface area contributed by atoms with Crippen molar-refractivity contribution in [2.75, 3.05) is 0 Å². The van der Waals surface area contributed by atoms with Crippen LogP contribution in [0.1, 0.15) is 6.92 Å². The quantitative estimate of drug-likeness (QED) is 0.283. The minimum atomic E-state index is -0.213. The average Bonchev–Trinajstić information content (AvgIpc) is 1.65. The van der Waals surface area contributed by atoms with Gasteiger partial charge in [-0.25, -0.2) is 5.84 Å². The Morgan fingerprint density at radius 3 is 2.43 bits per heavy atom. The summed E-state index contributed by atoms with van der Waals surface area (Å²) in [6.07, 6.45) is 1.25. The van der Waals surface area contributed by atoms with E-state index in [0.29, 0.717) is 0 Å². The number of amides is 1. The second-order valence-corrected chi connectivity index (χ2v) is 1.11. The van der Waals surface area contributed by atoms with Gasteiger partial charge in [-0.1, -0.05) is 6.58 Å². The Hall–Kier alpha value is -0.830. The molecular weight excluding hydrogens is 92.1 g/mol. The van der Waals surface area contributed by atoms with Crippen molar-refractivity contribution < 1.29 is 4.79 Å². The molecule has 0 radical (unpaired) electrons. The van der Waals surface area contributed by atoms with Gasteiger partial charge >= 0.3 is 0 Å². The van der Waals surface area contributed by atoms with E-state index >= 15 is 0 Å². The van der Waals surface area contributed by atoms with Gasteiger partial charge in [-0.3, -0.25) is 9.80 Å². The molecule has 0 fully saturated rings. The normalized spacial score (nSPS) is 7.71. The third kappa shape index (κ3) is 1.94. The van der Waals surface area contributed by atoms with Crippen LogP contribution >= 0.6 is 0 Å². The van der Waals surface area contributed by atoms with E-state index in [0.717, 1.165) is 5.01 Å². The first-order valence-electron chi connectivity index (χ1n) is 1.85. The maximum Gasteiger partial charge on any atom is 0.237 e. The number of carbonyl (C=O) groups is 1. The fourth-order valence-corrected chi connectivity index (χ4v) is 0.129. The molecule has 0 bridgehead atoms. The summed E-state index contributed by atoms with van der Waals surface area (Å²) in [5.41, 5.74) is 0. The minimum Gasteiger partial charge on any atom is -0.273 e. The summed E-state index contributed by atoms with van der Waals surface area (Å²) < 4.78 is 0. The van der Waals surface area contributed by atoms with E-state index in [9.17, 15) is 4.79 Å². The first-order valence-corrected chi connectivity index (χ1v) is 1.85. The van der Waals surface area contributed by atoms with Gasteiger partial charge in [0.05, 0.1) is 0 Å². The van der Waals surface area contributed by atoms with Gasteiger partial charge in [0, 0.05) is 13.1 Å². The molecule has 40 valence electrons. The summed E-state index contributed by atoms with van der Waals surface area (Å²) in [4.78, 5) is 10.1. The van der Waals surface area contributed by atoms with Crippen molar-refractivity contribution in [3.05, 3.63) is 12.8 Å². The first-order chi connectivity index (χ1) is 3.18. The summed E-state index contributed by atoms with van der Waals surface area (Å²) in [6.45, 7) is 4.62. The Balaban J connectivity index is 3.55. The third-order valence-electron chi connectivity index (χ3n) is 0.560. The third-order valence-corrected chi connectivity index (χ3v) is 0.560. The van der Waals surface area contributed by atoms with Crippen LogP contribution in [0.5, 0.6) is 0 Å². The molecule has 0 aliphatic carbocycles. The van der Waals surface area contributed by atoms with Crippen molar-refractivity contribution in [3.63, 3.8) is 0 Å². The zero-order valence-electron chi connectivity index (χ0n) is 4.22. The van der Waals surface area contributed by atoms with Crippen molar-refractivity contribution >= 4 is 5.91 Å². The van der Waals surface area contributed by atoms with Crippen molar-refractivity contribution in [2.24, 2.45) is 5.84 Å². The maximum atomic E-state index is 10.1. The Morgan fingerprint density at radius 2 is 2.43 bits per heavy atom. The second kappa shape index (κ2) is 2.36. The number of rotatable bonds is 1. The van der Waals surface area contributed by atoms with Crippen LogP contribution in [-0.4, -0.2) is 10.9 Å². The zero-order chi connectivity index (χ0) is 5.86. The SMILES string of the molecule is C=CN(N)C(C)=O. The lowest BCUT2D eigenvalue weighted by Gasteiger charge is -2.03. The van der Waals surface area contributed by atoms with Crippen LogP contribution in [-0.2, 0) is 4.79 Å². The lowest BCUT2D eigenvalue weighted by Crippen LogP contribution is -2.29. The Kier molecular flexibility index (Phi) is 2.08. The van der Waals surface area contributed by atoms with E-state index < -0.39 is 0 Å². The average molecular weight is 100 g/mol. The van der Waals surface area contributed by atoms with Crippen molar-refractivity contribution in [1.82, 2.24) is 5.01 Å².